The van der Waals surface area contributed by atoms with Crippen LogP contribution in [0.25, 0.3) is 0 Å². The van der Waals surface area contributed by atoms with Crippen molar-refractivity contribution in [3.05, 3.63) is 0 Å². The van der Waals surface area contributed by atoms with Gasteiger partial charge in [-0.3, -0.25) is 0 Å². The van der Waals surface area contributed by atoms with E-state index in [1.54, 1.807) is 7.11 Å². The van der Waals surface area contributed by atoms with Gasteiger partial charge in [-0.25, -0.2) is 0 Å². The lowest BCUT2D eigenvalue weighted by Crippen LogP contribution is -2.54. The lowest BCUT2D eigenvalue weighted by molar-refractivity contribution is 0.0441. The van der Waals surface area contributed by atoms with Crippen molar-refractivity contribution in [2.24, 2.45) is 11.3 Å². The molecule has 1 heterocycles. The van der Waals surface area contributed by atoms with Crippen molar-refractivity contribution < 1.29 is 9.47 Å². The number of methoxy groups -OCH3 is 1. The number of hydrogen-bond acceptors (Lipinski definition) is 3. The van der Waals surface area contributed by atoms with Gasteiger partial charge < -0.3 is 14.8 Å². The van der Waals surface area contributed by atoms with Crippen molar-refractivity contribution in [1.29, 1.82) is 0 Å². The first-order chi connectivity index (χ1) is 7.68. The number of rotatable bonds is 9. The second-order valence-corrected chi connectivity index (χ2v) is 5.41. The van der Waals surface area contributed by atoms with Crippen molar-refractivity contribution in [2.45, 2.75) is 33.1 Å². The monoisotopic (exact) mass is 229 g/mol. The molecular weight excluding hydrogens is 202 g/mol. The fourth-order valence-electron chi connectivity index (χ4n) is 2.46. The number of hydrogen-bond donors (Lipinski definition) is 1. The van der Waals surface area contributed by atoms with Gasteiger partial charge >= 0.3 is 0 Å². The molecule has 0 atom stereocenters. The highest BCUT2D eigenvalue weighted by Gasteiger charge is 2.36. The molecule has 1 rings (SSSR count). The predicted octanol–water partition coefficient (Wildman–Crippen LogP) is 2.07. The summed E-state index contributed by atoms with van der Waals surface area (Å²) in [6.07, 6.45) is 3.53. The molecule has 16 heavy (non-hydrogen) atoms. The van der Waals surface area contributed by atoms with Crippen LogP contribution in [0.3, 0.4) is 0 Å². The molecule has 1 fully saturated rings. The lowest BCUT2D eigenvalue weighted by Gasteiger charge is -2.44. The highest BCUT2D eigenvalue weighted by molar-refractivity contribution is 4.92. The maximum absolute atomic E-state index is 5.64. The summed E-state index contributed by atoms with van der Waals surface area (Å²) >= 11 is 0. The molecule has 0 bridgehead atoms. The van der Waals surface area contributed by atoms with Gasteiger partial charge in [-0.2, -0.15) is 0 Å². The summed E-state index contributed by atoms with van der Waals surface area (Å²) in [6.45, 7) is 9.49. The van der Waals surface area contributed by atoms with Gasteiger partial charge in [0.05, 0.1) is 0 Å². The van der Waals surface area contributed by atoms with Gasteiger partial charge in [0.15, 0.2) is 0 Å². The van der Waals surface area contributed by atoms with Crippen molar-refractivity contribution in [1.82, 2.24) is 5.32 Å². The minimum atomic E-state index is 0.523. The maximum Gasteiger partial charge on any atom is 0.0487 e. The largest absolute Gasteiger partial charge is 0.385 e. The second-order valence-electron chi connectivity index (χ2n) is 5.41. The van der Waals surface area contributed by atoms with Crippen LogP contribution in [0, 0.1) is 11.3 Å². The average molecular weight is 229 g/mol. The molecule has 0 aliphatic carbocycles. The molecule has 96 valence electrons. The van der Waals surface area contributed by atoms with Crippen LogP contribution in [0.2, 0.25) is 0 Å². The fourth-order valence-corrected chi connectivity index (χ4v) is 2.46. The van der Waals surface area contributed by atoms with Crippen molar-refractivity contribution >= 4 is 0 Å². The van der Waals surface area contributed by atoms with E-state index in [-0.39, 0.29) is 0 Å². The summed E-state index contributed by atoms with van der Waals surface area (Å²) in [4.78, 5) is 0. The Morgan fingerprint density at radius 1 is 1.19 bits per heavy atom. The quantitative estimate of drug-likeness (QED) is 0.614. The zero-order chi connectivity index (χ0) is 11.9. The van der Waals surface area contributed by atoms with Gasteiger partial charge in [0.25, 0.3) is 0 Å². The van der Waals surface area contributed by atoms with E-state index < -0.39 is 0 Å². The molecule has 0 aromatic carbocycles. The Labute approximate surface area is 99.9 Å². The molecule has 0 amide bonds. The lowest BCUT2D eigenvalue weighted by atomic mass is 9.73. The molecule has 3 nitrogen and oxygen atoms in total. The van der Waals surface area contributed by atoms with Gasteiger partial charge in [-0.15, -0.1) is 0 Å². The van der Waals surface area contributed by atoms with Crippen LogP contribution in [0.5, 0.6) is 0 Å². The molecule has 1 aliphatic heterocycles. The van der Waals surface area contributed by atoms with Crippen molar-refractivity contribution in [3.63, 3.8) is 0 Å². The number of ether oxygens (including phenoxy) is 2. The Morgan fingerprint density at radius 3 is 2.44 bits per heavy atom. The Bertz CT molecular complexity index is 179. The molecule has 0 saturated carbocycles. The summed E-state index contributed by atoms with van der Waals surface area (Å²) in [5.74, 6) is 0.788. The third kappa shape index (κ3) is 4.81. The molecule has 1 saturated heterocycles. The molecule has 0 aromatic rings. The molecule has 0 unspecified atom stereocenters. The summed E-state index contributed by atoms with van der Waals surface area (Å²) < 4.78 is 10.6. The van der Waals surface area contributed by atoms with Crippen LogP contribution in [-0.4, -0.2) is 40.0 Å². The zero-order valence-electron chi connectivity index (χ0n) is 11.1. The van der Waals surface area contributed by atoms with E-state index in [1.165, 1.54) is 25.9 Å². The first-order valence-electron chi connectivity index (χ1n) is 6.46. The SMILES string of the molecule is COCCCOCCC1(CC(C)C)CNC1. The predicted molar refractivity (Wildman–Crippen MR) is 66.7 cm³/mol. The highest BCUT2D eigenvalue weighted by atomic mass is 16.5. The van der Waals surface area contributed by atoms with Crippen LogP contribution in [0.4, 0.5) is 0 Å². The van der Waals surface area contributed by atoms with Crippen LogP contribution >= 0.6 is 0 Å². The van der Waals surface area contributed by atoms with E-state index in [0.717, 1.165) is 32.2 Å². The van der Waals surface area contributed by atoms with Gasteiger partial charge in [0.1, 0.15) is 0 Å². The molecule has 0 aromatic heterocycles. The smallest absolute Gasteiger partial charge is 0.0487 e. The molecular formula is C13H27NO2. The van der Waals surface area contributed by atoms with Crippen molar-refractivity contribution in [3.8, 4) is 0 Å². The van der Waals surface area contributed by atoms with Gasteiger partial charge in [0, 0.05) is 40.0 Å². The van der Waals surface area contributed by atoms with Crippen LogP contribution < -0.4 is 5.32 Å². The van der Waals surface area contributed by atoms with E-state index in [1.807, 2.05) is 0 Å². The molecule has 1 aliphatic rings. The zero-order valence-corrected chi connectivity index (χ0v) is 11.1. The summed E-state index contributed by atoms with van der Waals surface area (Å²) in [7, 11) is 1.73. The topological polar surface area (TPSA) is 30.5 Å². The highest BCUT2D eigenvalue weighted by Crippen LogP contribution is 2.34. The third-order valence-corrected chi connectivity index (χ3v) is 3.26. The Hall–Kier alpha value is -0.120. The van der Waals surface area contributed by atoms with E-state index in [2.05, 4.69) is 19.2 Å². The van der Waals surface area contributed by atoms with Crippen LogP contribution in [-0.2, 0) is 9.47 Å². The second kappa shape index (κ2) is 7.25. The minimum absolute atomic E-state index is 0.523. The normalized spacial score (nSPS) is 18.8. The first kappa shape index (κ1) is 13.9. The van der Waals surface area contributed by atoms with E-state index >= 15 is 0 Å². The standard InChI is InChI=1S/C13H27NO2/c1-12(2)9-13(10-14-11-13)5-8-16-7-4-6-15-3/h12,14H,4-11H2,1-3H3. The maximum atomic E-state index is 5.64. The first-order valence-corrected chi connectivity index (χ1v) is 6.46. The van der Waals surface area contributed by atoms with E-state index in [0.29, 0.717) is 5.41 Å². The molecule has 1 N–H and O–H groups in total. The Balaban J connectivity index is 2.05. The number of nitrogens with one attached hydrogen (secondary N) is 1. The average Bonchev–Trinajstić information content (AvgIpc) is 2.18. The van der Waals surface area contributed by atoms with E-state index in [9.17, 15) is 0 Å². The minimum Gasteiger partial charge on any atom is -0.385 e. The summed E-state index contributed by atoms with van der Waals surface area (Å²) in [6, 6.07) is 0. The summed E-state index contributed by atoms with van der Waals surface area (Å²) in [5, 5.41) is 3.39. The van der Waals surface area contributed by atoms with Crippen LogP contribution in [0.15, 0.2) is 0 Å². The Morgan fingerprint density at radius 2 is 1.94 bits per heavy atom. The molecule has 3 heteroatoms. The molecule has 0 radical (unpaired) electrons. The van der Waals surface area contributed by atoms with Gasteiger partial charge in [-0.05, 0) is 30.6 Å². The van der Waals surface area contributed by atoms with Crippen LogP contribution in [0.1, 0.15) is 33.1 Å². The summed E-state index contributed by atoms with van der Waals surface area (Å²) in [5.41, 5.74) is 0.523. The van der Waals surface area contributed by atoms with Crippen molar-refractivity contribution in [2.75, 3.05) is 40.0 Å². The third-order valence-electron chi connectivity index (χ3n) is 3.26. The van der Waals surface area contributed by atoms with E-state index in [4.69, 9.17) is 9.47 Å². The Kier molecular flexibility index (Phi) is 6.32. The molecule has 0 spiro atoms. The van der Waals surface area contributed by atoms with Gasteiger partial charge in [-0.1, -0.05) is 13.8 Å². The fraction of sp³-hybridized carbons (Fsp3) is 1.00. The van der Waals surface area contributed by atoms with Gasteiger partial charge in [0.2, 0.25) is 0 Å².